The van der Waals surface area contributed by atoms with Gasteiger partial charge in [-0.3, -0.25) is 9.59 Å². The molecule has 158 valence electrons. The average Bonchev–Trinajstić information content (AvgIpc) is 2.83. The summed E-state index contributed by atoms with van der Waals surface area (Å²) in [6.07, 6.45) is 0.417. The number of halogens is 1. The molecule has 0 spiro atoms. The lowest BCUT2D eigenvalue weighted by atomic mass is 10.1. The molecule has 31 heavy (non-hydrogen) atoms. The van der Waals surface area contributed by atoms with Crippen LogP contribution in [0.15, 0.2) is 66.7 Å². The van der Waals surface area contributed by atoms with E-state index in [9.17, 15) is 9.59 Å². The predicted molar refractivity (Wildman–Crippen MR) is 121 cm³/mol. The Morgan fingerprint density at radius 3 is 2.16 bits per heavy atom. The van der Waals surface area contributed by atoms with Crippen LogP contribution in [0.5, 0.6) is 0 Å². The second-order valence-electron chi connectivity index (χ2n) is 7.44. The number of carbonyl (C=O) groups is 2. The quantitative estimate of drug-likeness (QED) is 0.546. The minimum absolute atomic E-state index is 0.00692. The van der Waals surface area contributed by atoms with Crippen molar-refractivity contribution in [3.05, 3.63) is 77.3 Å². The van der Waals surface area contributed by atoms with E-state index in [1.54, 1.807) is 24.3 Å². The molecule has 3 aromatic rings. The Morgan fingerprint density at radius 2 is 1.52 bits per heavy atom. The van der Waals surface area contributed by atoms with Crippen LogP contribution in [0, 0.1) is 0 Å². The molecule has 0 aliphatic carbocycles. The van der Waals surface area contributed by atoms with Gasteiger partial charge in [0.15, 0.2) is 11.6 Å². The zero-order valence-electron chi connectivity index (χ0n) is 17.1. The van der Waals surface area contributed by atoms with Gasteiger partial charge in [-0.15, -0.1) is 10.2 Å². The van der Waals surface area contributed by atoms with Crippen LogP contribution in [0.4, 0.5) is 5.82 Å². The predicted octanol–water partition coefficient (Wildman–Crippen LogP) is 4.11. The number of nitrogens with zero attached hydrogens (tertiary/aromatic N) is 4. The average molecular weight is 435 g/mol. The first-order valence-corrected chi connectivity index (χ1v) is 10.7. The van der Waals surface area contributed by atoms with E-state index in [0.29, 0.717) is 36.8 Å². The van der Waals surface area contributed by atoms with Gasteiger partial charge in [-0.2, -0.15) is 0 Å². The van der Waals surface area contributed by atoms with Gasteiger partial charge in [-0.1, -0.05) is 41.9 Å². The van der Waals surface area contributed by atoms with Crippen LogP contribution >= 0.6 is 11.6 Å². The highest BCUT2D eigenvalue weighted by molar-refractivity contribution is 6.30. The Balaban J connectivity index is 1.26. The number of piperazine rings is 1. The molecule has 1 aliphatic rings. The van der Waals surface area contributed by atoms with E-state index in [0.717, 1.165) is 17.1 Å². The van der Waals surface area contributed by atoms with Gasteiger partial charge in [0.25, 0.3) is 0 Å². The van der Waals surface area contributed by atoms with E-state index in [4.69, 9.17) is 11.6 Å². The lowest BCUT2D eigenvalue weighted by molar-refractivity contribution is -0.131. The van der Waals surface area contributed by atoms with Gasteiger partial charge in [0.1, 0.15) is 0 Å². The summed E-state index contributed by atoms with van der Waals surface area (Å²) < 4.78 is 0. The molecule has 1 aromatic heterocycles. The highest BCUT2D eigenvalue weighted by atomic mass is 35.5. The molecule has 0 radical (unpaired) electrons. The maximum absolute atomic E-state index is 12.5. The number of ketones is 1. The molecule has 7 heteroatoms. The van der Waals surface area contributed by atoms with E-state index in [1.165, 1.54) is 0 Å². The van der Waals surface area contributed by atoms with Crippen molar-refractivity contribution in [2.75, 3.05) is 31.1 Å². The summed E-state index contributed by atoms with van der Waals surface area (Å²) in [6.45, 7) is 2.60. The molecule has 0 atom stereocenters. The number of aromatic nitrogens is 2. The fourth-order valence-electron chi connectivity index (χ4n) is 3.60. The number of hydrogen-bond acceptors (Lipinski definition) is 5. The number of carbonyl (C=O) groups excluding carboxylic acids is 2. The molecule has 1 fully saturated rings. The topological polar surface area (TPSA) is 66.4 Å². The van der Waals surface area contributed by atoms with E-state index in [1.807, 2.05) is 47.4 Å². The summed E-state index contributed by atoms with van der Waals surface area (Å²) in [5, 5.41) is 9.30. The minimum Gasteiger partial charge on any atom is -0.352 e. The molecule has 1 amide bonds. The van der Waals surface area contributed by atoms with Gasteiger partial charge in [-0.05, 0) is 36.4 Å². The van der Waals surface area contributed by atoms with Crippen molar-refractivity contribution in [3.63, 3.8) is 0 Å². The Kier molecular flexibility index (Phi) is 6.57. The van der Waals surface area contributed by atoms with Crippen molar-refractivity contribution in [3.8, 4) is 11.3 Å². The Hall–Kier alpha value is -3.25. The van der Waals surface area contributed by atoms with Gasteiger partial charge in [0.2, 0.25) is 5.91 Å². The highest BCUT2D eigenvalue weighted by Crippen LogP contribution is 2.19. The first-order valence-electron chi connectivity index (χ1n) is 10.3. The third-order valence-electron chi connectivity index (χ3n) is 5.41. The lowest BCUT2D eigenvalue weighted by Gasteiger charge is -2.35. The molecular weight excluding hydrogens is 412 g/mol. The maximum atomic E-state index is 12.5. The Bertz CT molecular complexity index is 1030. The Labute approximate surface area is 186 Å². The van der Waals surface area contributed by atoms with Crippen molar-refractivity contribution < 1.29 is 9.59 Å². The van der Waals surface area contributed by atoms with Crippen molar-refractivity contribution >= 4 is 29.1 Å². The van der Waals surface area contributed by atoms with Gasteiger partial charge in [0.05, 0.1) is 5.69 Å². The summed E-state index contributed by atoms with van der Waals surface area (Å²) >= 11 is 5.85. The van der Waals surface area contributed by atoms with Gasteiger partial charge >= 0.3 is 0 Å². The molecule has 0 unspecified atom stereocenters. The number of hydrogen-bond donors (Lipinski definition) is 0. The molecule has 0 saturated carbocycles. The van der Waals surface area contributed by atoms with Crippen LogP contribution in [0.1, 0.15) is 23.2 Å². The van der Waals surface area contributed by atoms with Crippen LogP contribution in [0.25, 0.3) is 11.3 Å². The minimum atomic E-state index is -0.0440. The Morgan fingerprint density at radius 1 is 0.806 bits per heavy atom. The summed E-state index contributed by atoms with van der Waals surface area (Å²) in [5.74, 6) is 0.773. The third kappa shape index (κ3) is 5.27. The molecule has 2 heterocycles. The number of benzene rings is 2. The second-order valence-corrected chi connectivity index (χ2v) is 7.88. The zero-order valence-corrected chi connectivity index (χ0v) is 17.8. The van der Waals surface area contributed by atoms with Crippen molar-refractivity contribution in [1.82, 2.24) is 15.1 Å². The van der Waals surface area contributed by atoms with E-state index in [2.05, 4.69) is 15.1 Å². The number of anilines is 1. The maximum Gasteiger partial charge on any atom is 0.223 e. The molecule has 0 bridgehead atoms. The molecular formula is C24H23ClN4O2. The fraction of sp³-hybridized carbons (Fsp3) is 0.250. The van der Waals surface area contributed by atoms with Crippen molar-refractivity contribution in [1.29, 1.82) is 0 Å². The van der Waals surface area contributed by atoms with Crippen LogP contribution in [0.3, 0.4) is 0 Å². The SMILES string of the molecule is O=C(CCC(=O)N1CCN(c2ccc(-c3ccccc3)nn2)CC1)c1ccc(Cl)cc1. The van der Waals surface area contributed by atoms with Crippen LogP contribution in [-0.4, -0.2) is 53.0 Å². The van der Waals surface area contributed by atoms with Crippen LogP contribution < -0.4 is 4.90 Å². The lowest BCUT2D eigenvalue weighted by Crippen LogP contribution is -2.49. The van der Waals surface area contributed by atoms with Crippen LogP contribution in [0.2, 0.25) is 5.02 Å². The summed E-state index contributed by atoms with van der Waals surface area (Å²) in [5.41, 5.74) is 2.45. The number of amides is 1. The van der Waals surface area contributed by atoms with Gasteiger partial charge < -0.3 is 9.80 Å². The van der Waals surface area contributed by atoms with Crippen molar-refractivity contribution in [2.45, 2.75) is 12.8 Å². The highest BCUT2D eigenvalue weighted by Gasteiger charge is 2.22. The third-order valence-corrected chi connectivity index (χ3v) is 5.66. The monoisotopic (exact) mass is 434 g/mol. The smallest absolute Gasteiger partial charge is 0.223 e. The summed E-state index contributed by atoms with van der Waals surface area (Å²) in [4.78, 5) is 28.8. The molecule has 4 rings (SSSR count). The summed E-state index contributed by atoms with van der Waals surface area (Å²) in [7, 11) is 0. The molecule has 1 aliphatic heterocycles. The zero-order chi connectivity index (χ0) is 21.6. The standard InChI is InChI=1S/C24H23ClN4O2/c25-20-8-6-19(7-9-20)22(30)11-13-24(31)29-16-14-28(15-17-29)23-12-10-21(26-27-23)18-4-2-1-3-5-18/h1-10,12H,11,13-17H2. The van der Waals surface area contributed by atoms with E-state index >= 15 is 0 Å². The van der Waals surface area contributed by atoms with Gasteiger partial charge in [0, 0.05) is 55.2 Å². The van der Waals surface area contributed by atoms with Gasteiger partial charge in [-0.25, -0.2) is 0 Å². The van der Waals surface area contributed by atoms with Crippen molar-refractivity contribution in [2.24, 2.45) is 0 Å². The fourth-order valence-corrected chi connectivity index (χ4v) is 3.73. The normalized spacial score (nSPS) is 13.8. The molecule has 1 saturated heterocycles. The number of rotatable bonds is 6. The molecule has 6 nitrogen and oxygen atoms in total. The second kappa shape index (κ2) is 9.71. The first-order chi connectivity index (χ1) is 15.1. The summed E-state index contributed by atoms with van der Waals surface area (Å²) in [6, 6.07) is 20.6. The van der Waals surface area contributed by atoms with E-state index in [-0.39, 0.29) is 24.5 Å². The largest absolute Gasteiger partial charge is 0.352 e. The molecule has 0 N–H and O–H groups in total. The number of Topliss-reactive ketones (excluding diaryl/α,β-unsaturated/α-hetero) is 1. The first kappa shape index (κ1) is 21.0. The van der Waals surface area contributed by atoms with Crippen LogP contribution in [-0.2, 0) is 4.79 Å². The molecule has 2 aromatic carbocycles. The van der Waals surface area contributed by atoms with E-state index < -0.39 is 0 Å².